The van der Waals surface area contributed by atoms with Crippen molar-refractivity contribution in [2.24, 2.45) is 0 Å². The molecule has 0 spiro atoms. The third-order valence-electron chi connectivity index (χ3n) is 3.66. The number of aromatic nitrogens is 2. The number of nitrogens with one attached hydrogen (secondary N) is 1. The van der Waals surface area contributed by atoms with Crippen LogP contribution in [-0.2, 0) is 9.31 Å². The molecule has 2 aromatic rings. The van der Waals surface area contributed by atoms with Crippen molar-refractivity contribution in [2.75, 3.05) is 0 Å². The summed E-state index contributed by atoms with van der Waals surface area (Å²) in [6, 6.07) is -0.297. The molecule has 2 heterocycles. The van der Waals surface area contributed by atoms with Gasteiger partial charge in [-0.15, -0.1) is 0 Å². The highest BCUT2D eigenvalue weighted by molar-refractivity contribution is 6.62. The van der Waals surface area contributed by atoms with Crippen LogP contribution in [0.5, 0.6) is 0 Å². The van der Waals surface area contributed by atoms with Crippen LogP contribution in [-0.4, -0.2) is 28.5 Å². The zero-order valence-electron chi connectivity index (χ0n) is 14.8. The van der Waals surface area contributed by atoms with Gasteiger partial charge in [0.2, 0.25) is 0 Å². The van der Waals surface area contributed by atoms with Gasteiger partial charge in [-0.3, -0.25) is 5.10 Å². The van der Waals surface area contributed by atoms with Crippen LogP contribution in [0.1, 0.15) is 33.2 Å². The largest absolute Gasteiger partial charge is 0.494 e. The lowest BCUT2D eigenvalue weighted by Crippen LogP contribution is -2.41. The van der Waals surface area contributed by atoms with Gasteiger partial charge in [0.25, 0.3) is 0 Å². The minimum Gasteiger partial charge on any atom is -0.399 e. The van der Waals surface area contributed by atoms with E-state index in [1.165, 1.54) is 0 Å². The quantitative estimate of drug-likeness (QED) is 0.783. The topological polar surface area (TPSA) is 47.1 Å². The smallest absolute Gasteiger partial charge is 0.399 e. The lowest BCUT2D eigenvalue weighted by molar-refractivity contribution is 0.00578. The zero-order chi connectivity index (χ0) is 16.4. The number of rotatable bonds is 1. The molecule has 1 aliphatic heterocycles. The Kier molecular flexibility index (Phi) is 1.59. The molecule has 0 radical (unpaired) electrons. The number of H-pyrrole nitrogens is 1. The maximum Gasteiger partial charge on any atom is 0.494 e. The van der Waals surface area contributed by atoms with Crippen molar-refractivity contribution in [3.05, 3.63) is 24.3 Å². The van der Waals surface area contributed by atoms with E-state index in [1.54, 1.807) is 0 Å². The molecule has 0 unspecified atom stereocenters. The van der Waals surface area contributed by atoms with Gasteiger partial charge in [-0.05, 0) is 39.2 Å². The van der Waals surface area contributed by atoms with Gasteiger partial charge in [0.15, 0.2) is 0 Å². The summed E-state index contributed by atoms with van der Waals surface area (Å²) in [5.41, 5.74) is -0.812. The molecule has 0 amide bonds. The van der Waals surface area contributed by atoms with Gasteiger partial charge < -0.3 is 9.31 Å². The first-order valence-corrected chi connectivity index (χ1v) is 5.87. The van der Waals surface area contributed by atoms with Gasteiger partial charge in [0, 0.05) is 5.39 Å². The monoisotopic (exact) mass is 248 g/mol. The highest BCUT2D eigenvalue weighted by Crippen LogP contribution is 2.36. The molecule has 0 aliphatic carbocycles. The van der Waals surface area contributed by atoms with E-state index in [9.17, 15) is 0 Å². The summed E-state index contributed by atoms with van der Waals surface area (Å²) >= 11 is 0. The minimum absolute atomic E-state index is 0.0479. The van der Waals surface area contributed by atoms with Gasteiger partial charge >= 0.3 is 7.12 Å². The SMILES string of the molecule is [2H]c1c(B2OC(C)(C)C(C)(C)O2)c([2H])c2c([2H])n[nH]c2c1[2H]. The molecule has 1 aliphatic rings. The molecule has 1 aromatic heterocycles. The van der Waals surface area contributed by atoms with Gasteiger partial charge in [0.05, 0.1) is 28.4 Å². The fraction of sp³-hybridized carbons (Fsp3) is 0.462. The molecule has 0 atom stereocenters. The molecule has 1 fully saturated rings. The average molecular weight is 248 g/mol. The molecule has 0 bridgehead atoms. The molecule has 1 aromatic carbocycles. The summed E-state index contributed by atoms with van der Waals surface area (Å²) in [5, 5.41) is 6.48. The average Bonchev–Trinajstić information content (AvgIpc) is 2.86. The molecule has 3 rings (SSSR count). The number of hydrogen-bond donors (Lipinski definition) is 1. The zero-order valence-corrected chi connectivity index (χ0v) is 10.8. The van der Waals surface area contributed by atoms with Gasteiger partial charge in [-0.25, -0.2) is 0 Å². The number of hydrogen-bond acceptors (Lipinski definition) is 3. The first kappa shape index (κ1) is 7.97. The van der Waals surface area contributed by atoms with Crippen molar-refractivity contribution < 1.29 is 14.8 Å². The predicted octanol–water partition coefficient (Wildman–Crippen LogP) is 1.86. The Bertz CT molecular complexity index is 759. The van der Waals surface area contributed by atoms with Crippen molar-refractivity contribution in [3.63, 3.8) is 0 Å². The third-order valence-corrected chi connectivity index (χ3v) is 3.66. The Balaban J connectivity index is 2.23. The van der Waals surface area contributed by atoms with Crippen molar-refractivity contribution in [2.45, 2.75) is 38.9 Å². The Labute approximate surface area is 112 Å². The minimum atomic E-state index is -0.909. The molecular weight excluding hydrogens is 227 g/mol. The molecule has 4 nitrogen and oxygen atoms in total. The van der Waals surface area contributed by atoms with E-state index in [4.69, 9.17) is 14.8 Å². The summed E-state index contributed by atoms with van der Waals surface area (Å²) in [5.74, 6) is 0. The van der Waals surface area contributed by atoms with E-state index in [1.807, 2.05) is 27.7 Å². The Morgan fingerprint density at radius 1 is 1.22 bits per heavy atom. The Morgan fingerprint density at radius 3 is 2.56 bits per heavy atom. The normalized spacial score (nSPS) is 24.8. The van der Waals surface area contributed by atoms with Crippen LogP contribution in [0, 0.1) is 0 Å². The van der Waals surface area contributed by atoms with E-state index in [2.05, 4.69) is 10.2 Å². The van der Waals surface area contributed by atoms with E-state index in [-0.39, 0.29) is 40.7 Å². The number of benzene rings is 1. The summed E-state index contributed by atoms with van der Waals surface area (Å²) in [6.07, 6.45) is -0.119. The van der Waals surface area contributed by atoms with Crippen LogP contribution in [0.2, 0.25) is 0 Å². The van der Waals surface area contributed by atoms with Gasteiger partial charge in [-0.1, -0.05) is 12.1 Å². The lowest BCUT2D eigenvalue weighted by Gasteiger charge is -2.32. The second kappa shape index (κ2) is 3.59. The highest BCUT2D eigenvalue weighted by atomic mass is 16.7. The molecule has 94 valence electrons. The van der Waals surface area contributed by atoms with Crippen molar-refractivity contribution in [3.8, 4) is 0 Å². The summed E-state index contributed by atoms with van der Waals surface area (Å²) in [6.45, 7) is 7.53. The maximum absolute atomic E-state index is 8.31. The van der Waals surface area contributed by atoms with Crippen molar-refractivity contribution in [1.82, 2.24) is 10.2 Å². The second-order valence-corrected chi connectivity index (χ2v) is 5.46. The number of aromatic amines is 1. The molecule has 5 heteroatoms. The Morgan fingerprint density at radius 2 is 1.89 bits per heavy atom. The lowest BCUT2D eigenvalue weighted by atomic mass is 9.79. The van der Waals surface area contributed by atoms with E-state index in [0.717, 1.165) is 0 Å². The predicted molar refractivity (Wildman–Crippen MR) is 71.8 cm³/mol. The van der Waals surface area contributed by atoms with Crippen LogP contribution in [0.15, 0.2) is 24.3 Å². The molecule has 1 N–H and O–H groups in total. The van der Waals surface area contributed by atoms with Gasteiger partial charge in [-0.2, -0.15) is 5.10 Å². The molecule has 18 heavy (non-hydrogen) atoms. The van der Waals surface area contributed by atoms with Crippen LogP contribution in [0.3, 0.4) is 0 Å². The van der Waals surface area contributed by atoms with E-state index < -0.39 is 18.3 Å². The number of nitrogens with zero attached hydrogens (tertiary/aromatic N) is 1. The highest BCUT2D eigenvalue weighted by Gasteiger charge is 2.51. The van der Waals surface area contributed by atoms with Crippen molar-refractivity contribution >= 4 is 23.5 Å². The summed E-state index contributed by atoms with van der Waals surface area (Å²) in [4.78, 5) is 0. The summed E-state index contributed by atoms with van der Waals surface area (Å²) in [7, 11) is -0.909. The molecular formula is C13H17BN2O2. The van der Waals surface area contributed by atoms with E-state index >= 15 is 0 Å². The fourth-order valence-corrected chi connectivity index (χ4v) is 1.81. The van der Waals surface area contributed by atoms with Gasteiger partial charge in [0.1, 0.15) is 0 Å². The molecule has 0 saturated carbocycles. The summed E-state index contributed by atoms with van der Waals surface area (Å²) < 4.78 is 44.1. The van der Waals surface area contributed by atoms with Crippen LogP contribution in [0.25, 0.3) is 10.9 Å². The van der Waals surface area contributed by atoms with Crippen molar-refractivity contribution in [1.29, 1.82) is 0 Å². The molecule has 1 saturated heterocycles. The second-order valence-electron chi connectivity index (χ2n) is 5.46. The maximum atomic E-state index is 8.31. The van der Waals surface area contributed by atoms with E-state index in [0.29, 0.717) is 0 Å². The standard InChI is InChI=1S/C13H17BN2O2/c1-12(2)13(3,4)18-14(17-12)10-5-6-11-9(7-10)8-15-16-11/h5-8H,1-4H3,(H,15,16)/i5D,6D,7D,8D. The van der Waals surface area contributed by atoms with Crippen LogP contribution in [0.4, 0.5) is 0 Å². The van der Waals surface area contributed by atoms with Crippen LogP contribution < -0.4 is 5.46 Å². The third kappa shape index (κ3) is 1.66. The first-order valence-electron chi connectivity index (χ1n) is 7.87. The first-order chi connectivity index (χ1) is 10.1. The fourth-order valence-electron chi connectivity index (χ4n) is 1.81. The Hall–Kier alpha value is -1.33. The number of fused-ring (bicyclic) bond motifs is 1. The van der Waals surface area contributed by atoms with Crippen LogP contribution >= 0.6 is 0 Å².